The third kappa shape index (κ3) is 3.86. The number of aromatic hydroxyl groups is 1. The Morgan fingerprint density at radius 3 is 2.36 bits per heavy atom. The zero-order valence-electron chi connectivity index (χ0n) is 15.5. The number of carbonyl (C=O) groups excluding carboxylic acids is 1. The summed E-state index contributed by atoms with van der Waals surface area (Å²) in [7, 11) is -3.38. The van der Waals surface area contributed by atoms with Gasteiger partial charge in [0.15, 0.2) is 0 Å². The quantitative estimate of drug-likeness (QED) is 0.571. The van der Waals surface area contributed by atoms with Crippen LogP contribution >= 0.6 is 0 Å². The van der Waals surface area contributed by atoms with E-state index in [1.165, 1.54) is 4.90 Å². The highest BCUT2D eigenvalue weighted by atomic mass is 32.2. The molecule has 4 N–H and O–H groups in total. The average molecular weight is 399 g/mol. The summed E-state index contributed by atoms with van der Waals surface area (Å²) in [5.74, 6) is -0.489. The van der Waals surface area contributed by atoms with E-state index in [2.05, 4.69) is 4.72 Å². The normalized spacial score (nSPS) is 11.4. The first-order valence-electron chi connectivity index (χ1n) is 8.61. The monoisotopic (exact) mass is 399 g/mol. The first-order chi connectivity index (χ1) is 13.2. The summed E-state index contributed by atoms with van der Waals surface area (Å²) in [5.41, 5.74) is 7.60. The largest absolute Gasteiger partial charge is 0.506 e. The number of nitrogens with two attached hydrogens (primary N) is 1. The van der Waals surface area contributed by atoms with Crippen molar-refractivity contribution in [2.75, 3.05) is 28.2 Å². The Labute approximate surface area is 163 Å². The van der Waals surface area contributed by atoms with Crippen LogP contribution in [0.1, 0.15) is 17.3 Å². The van der Waals surface area contributed by atoms with Crippen LogP contribution in [0.5, 0.6) is 5.75 Å². The van der Waals surface area contributed by atoms with Gasteiger partial charge in [-0.15, -0.1) is 0 Å². The molecule has 0 atom stereocenters. The molecule has 0 heterocycles. The van der Waals surface area contributed by atoms with Gasteiger partial charge in [0.25, 0.3) is 5.91 Å². The van der Waals surface area contributed by atoms with Gasteiger partial charge >= 0.3 is 0 Å². The minimum atomic E-state index is -3.38. The lowest BCUT2D eigenvalue weighted by Crippen LogP contribution is -2.30. The van der Waals surface area contributed by atoms with Gasteiger partial charge in [-0.25, -0.2) is 8.42 Å². The molecule has 0 fully saturated rings. The number of carbonyl (C=O) groups is 1. The Kier molecular flexibility index (Phi) is 5.15. The molecule has 8 heteroatoms. The molecule has 0 saturated heterocycles. The van der Waals surface area contributed by atoms with E-state index in [0.717, 1.165) is 6.26 Å². The number of nitrogen functional groups attached to an aromatic ring is 1. The molecule has 0 aromatic heterocycles. The van der Waals surface area contributed by atoms with E-state index >= 15 is 0 Å². The molecule has 3 rings (SSSR count). The van der Waals surface area contributed by atoms with E-state index in [4.69, 9.17) is 5.73 Å². The molecule has 3 aromatic carbocycles. The zero-order valence-corrected chi connectivity index (χ0v) is 16.3. The molecule has 0 saturated carbocycles. The van der Waals surface area contributed by atoms with Gasteiger partial charge in [0, 0.05) is 34.4 Å². The number of nitrogens with zero attached hydrogens (tertiary/aromatic N) is 1. The molecule has 7 nitrogen and oxygen atoms in total. The zero-order chi connectivity index (χ0) is 20.5. The summed E-state index contributed by atoms with van der Waals surface area (Å²) in [5, 5.41) is 11.8. The van der Waals surface area contributed by atoms with Crippen molar-refractivity contribution < 1.29 is 18.3 Å². The topological polar surface area (TPSA) is 113 Å². The third-order valence-electron chi connectivity index (χ3n) is 4.34. The highest BCUT2D eigenvalue weighted by Crippen LogP contribution is 2.33. The standard InChI is InChI=1S/C20H21N3O4S/c1-3-23(14-9-7-13(8-10-14)22-28(2,26)27)20(25)17-12-11-15-16(19(17)24)5-4-6-18(15)21/h4-12,22,24H,3,21H2,1-2H3. The fourth-order valence-corrected chi connectivity index (χ4v) is 3.62. The van der Waals surface area contributed by atoms with E-state index in [9.17, 15) is 18.3 Å². The summed E-state index contributed by atoms with van der Waals surface area (Å²) < 4.78 is 25.0. The van der Waals surface area contributed by atoms with E-state index < -0.39 is 10.0 Å². The number of fused-ring (bicyclic) bond motifs is 1. The van der Waals surface area contributed by atoms with Gasteiger partial charge in [0.05, 0.1) is 11.8 Å². The van der Waals surface area contributed by atoms with Crippen molar-refractivity contribution in [1.82, 2.24) is 0 Å². The van der Waals surface area contributed by atoms with Crippen LogP contribution < -0.4 is 15.4 Å². The number of phenols is 1. The van der Waals surface area contributed by atoms with Gasteiger partial charge in [0.1, 0.15) is 5.75 Å². The Morgan fingerprint density at radius 1 is 1.07 bits per heavy atom. The first-order valence-corrected chi connectivity index (χ1v) is 10.5. The Morgan fingerprint density at radius 2 is 1.75 bits per heavy atom. The van der Waals surface area contributed by atoms with Crippen LogP contribution in [0.15, 0.2) is 54.6 Å². The molecule has 28 heavy (non-hydrogen) atoms. The molecular formula is C20H21N3O4S. The number of anilines is 3. The van der Waals surface area contributed by atoms with Crippen LogP contribution in [-0.2, 0) is 10.0 Å². The summed E-state index contributed by atoms with van der Waals surface area (Å²) in [6, 6.07) is 14.9. The number of hydrogen-bond donors (Lipinski definition) is 3. The second kappa shape index (κ2) is 7.40. The van der Waals surface area contributed by atoms with Crippen molar-refractivity contribution in [2.24, 2.45) is 0 Å². The number of benzene rings is 3. The molecule has 0 aliphatic rings. The number of rotatable bonds is 5. The summed E-state index contributed by atoms with van der Waals surface area (Å²) in [6.07, 6.45) is 1.07. The van der Waals surface area contributed by atoms with E-state index in [1.54, 1.807) is 54.6 Å². The van der Waals surface area contributed by atoms with Crippen molar-refractivity contribution in [3.63, 3.8) is 0 Å². The van der Waals surface area contributed by atoms with Gasteiger partial charge in [-0.1, -0.05) is 18.2 Å². The highest BCUT2D eigenvalue weighted by Gasteiger charge is 2.21. The number of nitrogens with one attached hydrogen (secondary N) is 1. The SMILES string of the molecule is CCN(C(=O)c1ccc2c(N)cccc2c1O)c1ccc(NS(C)(=O)=O)cc1. The van der Waals surface area contributed by atoms with Gasteiger partial charge < -0.3 is 15.7 Å². The van der Waals surface area contributed by atoms with E-state index in [1.807, 2.05) is 6.92 Å². The maximum atomic E-state index is 13.1. The molecule has 0 bridgehead atoms. The van der Waals surface area contributed by atoms with Crippen molar-refractivity contribution in [3.8, 4) is 5.75 Å². The van der Waals surface area contributed by atoms with Gasteiger partial charge in [-0.3, -0.25) is 9.52 Å². The average Bonchev–Trinajstić information content (AvgIpc) is 2.63. The maximum Gasteiger partial charge on any atom is 0.262 e. The van der Waals surface area contributed by atoms with Crippen molar-refractivity contribution in [1.29, 1.82) is 0 Å². The Balaban J connectivity index is 1.96. The predicted octanol–water partition coefficient (Wildman–Crippen LogP) is 3.17. The minimum Gasteiger partial charge on any atom is -0.506 e. The molecule has 0 spiro atoms. The number of hydrogen-bond acceptors (Lipinski definition) is 5. The molecule has 0 radical (unpaired) electrons. The van der Waals surface area contributed by atoms with E-state index in [0.29, 0.717) is 34.4 Å². The number of amides is 1. The lowest BCUT2D eigenvalue weighted by atomic mass is 10.0. The van der Waals surface area contributed by atoms with Crippen LogP contribution in [0.25, 0.3) is 10.8 Å². The summed E-state index contributed by atoms with van der Waals surface area (Å²) in [4.78, 5) is 14.6. The first kappa shape index (κ1) is 19.5. The highest BCUT2D eigenvalue weighted by molar-refractivity contribution is 7.92. The maximum absolute atomic E-state index is 13.1. The van der Waals surface area contributed by atoms with Crippen LogP contribution in [0.4, 0.5) is 17.1 Å². The van der Waals surface area contributed by atoms with Crippen LogP contribution in [0.2, 0.25) is 0 Å². The Hall–Kier alpha value is -3.26. The molecular weight excluding hydrogens is 378 g/mol. The summed E-state index contributed by atoms with van der Waals surface area (Å²) in [6.45, 7) is 2.18. The van der Waals surface area contributed by atoms with Crippen molar-refractivity contribution >= 4 is 43.8 Å². The predicted molar refractivity (Wildman–Crippen MR) is 112 cm³/mol. The van der Waals surface area contributed by atoms with Crippen molar-refractivity contribution in [3.05, 3.63) is 60.2 Å². The lowest BCUT2D eigenvalue weighted by molar-refractivity contribution is 0.0986. The smallest absolute Gasteiger partial charge is 0.262 e. The van der Waals surface area contributed by atoms with Gasteiger partial charge in [-0.2, -0.15) is 0 Å². The summed E-state index contributed by atoms with van der Waals surface area (Å²) >= 11 is 0. The van der Waals surface area contributed by atoms with Crippen LogP contribution in [0.3, 0.4) is 0 Å². The van der Waals surface area contributed by atoms with E-state index in [-0.39, 0.29) is 17.2 Å². The number of phenolic OH excluding ortho intramolecular Hbond substituents is 1. The van der Waals surface area contributed by atoms with Gasteiger partial charge in [-0.05, 0) is 43.3 Å². The molecule has 0 aliphatic carbocycles. The van der Waals surface area contributed by atoms with Crippen LogP contribution in [0, 0.1) is 0 Å². The van der Waals surface area contributed by atoms with Crippen LogP contribution in [-0.4, -0.2) is 32.2 Å². The molecule has 3 aromatic rings. The second-order valence-electron chi connectivity index (χ2n) is 6.37. The molecule has 0 unspecified atom stereocenters. The number of sulfonamides is 1. The molecule has 146 valence electrons. The third-order valence-corrected chi connectivity index (χ3v) is 4.95. The fraction of sp³-hybridized carbons (Fsp3) is 0.150. The fourth-order valence-electron chi connectivity index (χ4n) is 3.05. The lowest BCUT2D eigenvalue weighted by Gasteiger charge is -2.22. The van der Waals surface area contributed by atoms with Crippen molar-refractivity contribution in [2.45, 2.75) is 6.92 Å². The molecule has 0 aliphatic heterocycles. The van der Waals surface area contributed by atoms with Gasteiger partial charge in [0.2, 0.25) is 10.0 Å². The Bertz CT molecular complexity index is 1140. The minimum absolute atomic E-state index is 0.122. The second-order valence-corrected chi connectivity index (χ2v) is 8.12. The molecule has 1 amide bonds.